The van der Waals surface area contributed by atoms with E-state index in [-0.39, 0.29) is 6.20 Å². The molecule has 1 heterocycles. The standard InChI is InChI=1S/C8H3F8NO2/c9-5(10)2-1-17-6(18)3(7(11,12)13)4(2)19-8(14,15)16/h1,5H,(H,17,18). The third-order valence-electron chi connectivity index (χ3n) is 1.81. The maximum atomic E-state index is 12.4. The number of H-pyrrole nitrogens is 1. The minimum Gasteiger partial charge on any atom is -0.404 e. The molecule has 3 nitrogen and oxygen atoms in total. The van der Waals surface area contributed by atoms with Crippen LogP contribution in [0.1, 0.15) is 17.6 Å². The van der Waals surface area contributed by atoms with E-state index in [0.29, 0.717) is 0 Å². The number of aromatic amines is 1. The second-order valence-electron chi connectivity index (χ2n) is 3.12. The smallest absolute Gasteiger partial charge is 0.404 e. The maximum Gasteiger partial charge on any atom is 0.573 e. The molecule has 19 heavy (non-hydrogen) atoms. The van der Waals surface area contributed by atoms with E-state index in [1.54, 1.807) is 0 Å². The maximum absolute atomic E-state index is 12.4. The summed E-state index contributed by atoms with van der Waals surface area (Å²) in [5, 5.41) is 0. The van der Waals surface area contributed by atoms with Crippen molar-refractivity contribution in [1.82, 2.24) is 4.98 Å². The molecule has 0 fully saturated rings. The van der Waals surface area contributed by atoms with Crippen LogP contribution in [0, 0.1) is 0 Å². The fraction of sp³-hybridized carbons (Fsp3) is 0.375. The van der Waals surface area contributed by atoms with Crippen LogP contribution in [0.2, 0.25) is 0 Å². The summed E-state index contributed by atoms with van der Waals surface area (Å²) in [6.45, 7) is 0. The molecular weight excluding hydrogens is 294 g/mol. The van der Waals surface area contributed by atoms with E-state index >= 15 is 0 Å². The third-order valence-corrected chi connectivity index (χ3v) is 1.81. The summed E-state index contributed by atoms with van der Waals surface area (Å²) in [7, 11) is 0. The highest BCUT2D eigenvalue weighted by atomic mass is 19.4. The first kappa shape index (κ1) is 15.2. The number of aromatic nitrogens is 1. The molecule has 0 unspecified atom stereocenters. The molecular formula is C8H3F8NO2. The van der Waals surface area contributed by atoms with Gasteiger partial charge in [0.05, 0.1) is 5.56 Å². The van der Waals surface area contributed by atoms with Gasteiger partial charge in [0.15, 0.2) is 11.3 Å². The fourth-order valence-corrected chi connectivity index (χ4v) is 1.17. The Kier molecular flexibility index (Phi) is 3.77. The Bertz CT molecular complexity index is 515. The van der Waals surface area contributed by atoms with Crippen LogP contribution in [0.15, 0.2) is 11.0 Å². The minimum absolute atomic E-state index is 0.0311. The van der Waals surface area contributed by atoms with Gasteiger partial charge in [0.1, 0.15) is 0 Å². The van der Waals surface area contributed by atoms with E-state index in [1.165, 1.54) is 4.98 Å². The lowest BCUT2D eigenvalue weighted by atomic mass is 10.1. The lowest BCUT2D eigenvalue weighted by Crippen LogP contribution is -2.28. The molecule has 0 bridgehead atoms. The number of halogens is 8. The summed E-state index contributed by atoms with van der Waals surface area (Å²) < 4.78 is 101. The van der Waals surface area contributed by atoms with Gasteiger partial charge in [0.25, 0.3) is 12.0 Å². The fourth-order valence-electron chi connectivity index (χ4n) is 1.17. The molecule has 11 heteroatoms. The van der Waals surface area contributed by atoms with E-state index in [1.807, 2.05) is 0 Å². The van der Waals surface area contributed by atoms with E-state index in [9.17, 15) is 39.9 Å². The number of hydrogen-bond donors (Lipinski definition) is 1. The molecule has 1 rings (SSSR count). The molecule has 0 aromatic carbocycles. The van der Waals surface area contributed by atoms with Gasteiger partial charge in [0.2, 0.25) is 0 Å². The average Bonchev–Trinajstić information content (AvgIpc) is 2.11. The second-order valence-corrected chi connectivity index (χ2v) is 3.12. The van der Waals surface area contributed by atoms with Crippen molar-refractivity contribution in [2.45, 2.75) is 19.0 Å². The van der Waals surface area contributed by atoms with E-state index in [2.05, 4.69) is 4.74 Å². The summed E-state index contributed by atoms with van der Waals surface area (Å²) in [4.78, 5) is 12.2. The van der Waals surface area contributed by atoms with Crippen LogP contribution in [0.25, 0.3) is 0 Å². The van der Waals surface area contributed by atoms with Gasteiger partial charge in [-0.25, -0.2) is 8.78 Å². The van der Waals surface area contributed by atoms with Crippen molar-refractivity contribution in [3.8, 4) is 5.75 Å². The van der Waals surface area contributed by atoms with Crippen molar-refractivity contribution in [1.29, 1.82) is 0 Å². The zero-order chi connectivity index (χ0) is 15.0. The minimum atomic E-state index is -5.66. The Hall–Kier alpha value is -1.81. The van der Waals surface area contributed by atoms with Crippen LogP contribution in [-0.2, 0) is 6.18 Å². The third kappa shape index (κ3) is 3.58. The Labute approximate surface area is 98.3 Å². The number of rotatable bonds is 2. The topological polar surface area (TPSA) is 42.1 Å². The van der Waals surface area contributed by atoms with E-state index < -0.39 is 41.4 Å². The van der Waals surface area contributed by atoms with E-state index in [0.717, 1.165) is 0 Å². The number of alkyl halides is 8. The van der Waals surface area contributed by atoms with Crippen molar-refractivity contribution < 1.29 is 39.9 Å². The number of ether oxygens (including phenoxy) is 1. The Morgan fingerprint density at radius 3 is 2.00 bits per heavy atom. The van der Waals surface area contributed by atoms with Crippen LogP contribution in [0.3, 0.4) is 0 Å². The predicted octanol–water partition coefficient (Wildman–Crippen LogP) is 3.23. The van der Waals surface area contributed by atoms with E-state index in [4.69, 9.17) is 0 Å². The van der Waals surface area contributed by atoms with Crippen LogP contribution >= 0.6 is 0 Å². The summed E-state index contributed by atoms with van der Waals surface area (Å²) in [5.74, 6) is -2.25. The number of pyridine rings is 1. The van der Waals surface area contributed by atoms with Crippen LogP contribution in [0.4, 0.5) is 35.1 Å². The molecule has 0 radical (unpaired) electrons. The molecule has 1 aromatic rings. The van der Waals surface area contributed by atoms with Crippen LogP contribution in [0.5, 0.6) is 5.75 Å². The summed E-state index contributed by atoms with van der Waals surface area (Å²) in [6, 6.07) is 0. The highest BCUT2D eigenvalue weighted by Gasteiger charge is 2.44. The SMILES string of the molecule is O=c1[nH]cc(C(F)F)c(OC(F)(F)F)c1C(F)(F)F. The normalized spacial score (nSPS) is 12.9. The summed E-state index contributed by atoms with van der Waals surface area (Å²) in [6.07, 6.45) is -14.9. The van der Waals surface area contributed by atoms with Gasteiger partial charge >= 0.3 is 12.5 Å². The molecule has 0 saturated heterocycles. The predicted molar refractivity (Wildman–Crippen MR) is 43.7 cm³/mol. The molecule has 1 N–H and O–H groups in total. The first-order valence-electron chi connectivity index (χ1n) is 4.30. The van der Waals surface area contributed by atoms with Gasteiger partial charge in [0, 0.05) is 6.20 Å². The molecule has 0 aliphatic rings. The Morgan fingerprint density at radius 2 is 1.63 bits per heavy atom. The quantitative estimate of drug-likeness (QED) is 0.852. The van der Waals surface area contributed by atoms with Gasteiger partial charge in [-0.3, -0.25) is 4.79 Å². The van der Waals surface area contributed by atoms with Crippen molar-refractivity contribution in [2.75, 3.05) is 0 Å². The number of hydrogen-bond acceptors (Lipinski definition) is 2. The first-order valence-corrected chi connectivity index (χ1v) is 4.30. The Morgan fingerprint density at radius 1 is 1.11 bits per heavy atom. The molecule has 0 aliphatic carbocycles. The summed E-state index contributed by atoms with van der Waals surface area (Å²) >= 11 is 0. The first-order chi connectivity index (χ1) is 8.43. The summed E-state index contributed by atoms with van der Waals surface area (Å²) in [5.41, 5.74) is -6.21. The van der Waals surface area contributed by atoms with Gasteiger partial charge in [-0.15, -0.1) is 13.2 Å². The molecule has 108 valence electrons. The van der Waals surface area contributed by atoms with Crippen LogP contribution < -0.4 is 10.3 Å². The Balaban J connectivity index is 3.60. The number of nitrogens with one attached hydrogen (secondary N) is 1. The molecule has 0 amide bonds. The molecule has 0 spiro atoms. The van der Waals surface area contributed by atoms with Crippen LogP contribution in [-0.4, -0.2) is 11.3 Å². The van der Waals surface area contributed by atoms with Gasteiger partial charge in [-0.2, -0.15) is 13.2 Å². The van der Waals surface area contributed by atoms with Gasteiger partial charge in [-0.1, -0.05) is 0 Å². The molecule has 0 saturated carbocycles. The van der Waals surface area contributed by atoms with Crippen molar-refractivity contribution in [3.05, 3.63) is 27.7 Å². The molecule has 0 atom stereocenters. The van der Waals surface area contributed by atoms with Crippen molar-refractivity contribution >= 4 is 0 Å². The van der Waals surface area contributed by atoms with Crippen molar-refractivity contribution in [3.63, 3.8) is 0 Å². The highest BCUT2D eigenvalue weighted by molar-refractivity contribution is 5.41. The molecule has 1 aromatic heterocycles. The van der Waals surface area contributed by atoms with Gasteiger partial charge in [-0.05, 0) is 0 Å². The lowest BCUT2D eigenvalue weighted by molar-refractivity contribution is -0.277. The monoisotopic (exact) mass is 297 g/mol. The molecule has 0 aliphatic heterocycles. The lowest BCUT2D eigenvalue weighted by Gasteiger charge is -2.17. The average molecular weight is 297 g/mol. The zero-order valence-electron chi connectivity index (χ0n) is 8.49. The zero-order valence-corrected chi connectivity index (χ0v) is 8.49. The largest absolute Gasteiger partial charge is 0.573 e. The van der Waals surface area contributed by atoms with Gasteiger partial charge < -0.3 is 9.72 Å². The highest BCUT2D eigenvalue weighted by Crippen LogP contribution is 2.40. The second kappa shape index (κ2) is 4.70. The van der Waals surface area contributed by atoms with Crippen molar-refractivity contribution in [2.24, 2.45) is 0 Å².